The highest BCUT2D eigenvalue weighted by Crippen LogP contribution is 2.20. The number of aliphatic hydroxyl groups is 1. The third-order valence-corrected chi connectivity index (χ3v) is 5.54. The summed E-state index contributed by atoms with van der Waals surface area (Å²) in [4.78, 5) is 61.7. The zero-order chi connectivity index (χ0) is 23.6. The van der Waals surface area contributed by atoms with Crippen molar-refractivity contribution in [2.75, 3.05) is 25.2 Å². The van der Waals surface area contributed by atoms with Gasteiger partial charge >= 0.3 is 5.97 Å². The Morgan fingerprint density at radius 1 is 1.16 bits per heavy atom. The van der Waals surface area contributed by atoms with E-state index in [1.807, 2.05) is 6.26 Å². The van der Waals surface area contributed by atoms with E-state index in [0.717, 1.165) is 0 Å². The molecule has 0 aliphatic carbocycles. The summed E-state index contributed by atoms with van der Waals surface area (Å²) in [6.45, 7) is -0.404. The molecule has 0 saturated carbocycles. The van der Waals surface area contributed by atoms with Gasteiger partial charge in [-0.3, -0.25) is 19.2 Å². The second-order valence-corrected chi connectivity index (χ2v) is 8.21. The van der Waals surface area contributed by atoms with Gasteiger partial charge in [-0.1, -0.05) is 0 Å². The number of rotatable bonds is 13. The van der Waals surface area contributed by atoms with Gasteiger partial charge in [0.2, 0.25) is 23.6 Å². The molecule has 1 fully saturated rings. The molecule has 0 radical (unpaired) electrons. The average Bonchev–Trinajstić information content (AvgIpc) is 3.22. The summed E-state index contributed by atoms with van der Waals surface area (Å²) in [5, 5.41) is 23.2. The SMILES string of the molecule is CSCCC(NC(=O)C1CCCN1C(=O)C(CCC(N)=O)NC(=O)C(N)CO)C(=O)O. The molecular weight excluding hydrogens is 430 g/mol. The molecule has 0 aromatic heterocycles. The van der Waals surface area contributed by atoms with Crippen molar-refractivity contribution in [2.45, 2.75) is 56.3 Å². The van der Waals surface area contributed by atoms with Crippen LogP contribution < -0.4 is 22.1 Å². The number of nitrogens with two attached hydrogens (primary N) is 2. The van der Waals surface area contributed by atoms with Gasteiger partial charge in [0.1, 0.15) is 24.2 Å². The summed E-state index contributed by atoms with van der Waals surface area (Å²) in [6.07, 6.45) is 2.61. The number of carboxylic acid groups (broad SMARTS) is 1. The number of hydrogen-bond donors (Lipinski definition) is 6. The summed E-state index contributed by atoms with van der Waals surface area (Å²) in [6, 6.07) is -4.40. The third-order valence-electron chi connectivity index (χ3n) is 4.89. The van der Waals surface area contributed by atoms with E-state index in [9.17, 15) is 29.1 Å². The molecule has 0 spiro atoms. The van der Waals surface area contributed by atoms with Crippen LogP contribution in [0, 0.1) is 0 Å². The van der Waals surface area contributed by atoms with Crippen LogP contribution in [0.1, 0.15) is 32.1 Å². The Bertz CT molecular complexity index is 678. The molecule has 4 amide bonds. The second-order valence-electron chi connectivity index (χ2n) is 7.23. The topological polar surface area (TPSA) is 205 Å². The van der Waals surface area contributed by atoms with E-state index < -0.39 is 60.4 Å². The lowest BCUT2D eigenvalue weighted by Gasteiger charge is -2.29. The fourth-order valence-corrected chi connectivity index (χ4v) is 3.64. The quantitative estimate of drug-likeness (QED) is 0.169. The molecule has 1 rings (SSSR count). The Labute approximate surface area is 184 Å². The number of thioether (sulfide) groups is 1. The Morgan fingerprint density at radius 2 is 1.84 bits per heavy atom. The van der Waals surface area contributed by atoms with Gasteiger partial charge in [-0.15, -0.1) is 0 Å². The number of carboxylic acids is 1. The van der Waals surface area contributed by atoms with Gasteiger partial charge in [0, 0.05) is 13.0 Å². The lowest BCUT2D eigenvalue weighted by molar-refractivity contribution is -0.145. The molecule has 1 aliphatic rings. The normalized spacial score (nSPS) is 18.7. The van der Waals surface area contributed by atoms with Crippen molar-refractivity contribution in [3.63, 3.8) is 0 Å². The fraction of sp³-hybridized carbons (Fsp3) is 0.722. The number of carbonyl (C=O) groups excluding carboxylic acids is 4. The van der Waals surface area contributed by atoms with E-state index in [-0.39, 0.29) is 25.8 Å². The Balaban J connectivity index is 2.93. The average molecular weight is 462 g/mol. The predicted molar refractivity (Wildman–Crippen MR) is 113 cm³/mol. The largest absolute Gasteiger partial charge is 0.480 e. The number of primary amides is 1. The first-order chi connectivity index (χ1) is 14.6. The summed E-state index contributed by atoms with van der Waals surface area (Å²) in [5.41, 5.74) is 10.6. The summed E-state index contributed by atoms with van der Waals surface area (Å²) in [7, 11) is 0. The number of nitrogens with zero attached hydrogens (tertiary/aromatic N) is 1. The van der Waals surface area contributed by atoms with Crippen molar-refractivity contribution in [2.24, 2.45) is 11.5 Å². The van der Waals surface area contributed by atoms with Gasteiger partial charge in [-0.05, 0) is 37.7 Å². The van der Waals surface area contributed by atoms with Crippen LogP contribution in [0.2, 0.25) is 0 Å². The van der Waals surface area contributed by atoms with E-state index in [1.54, 1.807) is 0 Å². The van der Waals surface area contributed by atoms with Crippen LogP contribution in [-0.4, -0.2) is 94.0 Å². The molecule has 1 saturated heterocycles. The summed E-state index contributed by atoms with van der Waals surface area (Å²) < 4.78 is 0. The van der Waals surface area contributed by atoms with Gasteiger partial charge in [-0.25, -0.2) is 4.79 Å². The second kappa shape index (κ2) is 13.1. The van der Waals surface area contributed by atoms with E-state index in [1.165, 1.54) is 16.7 Å². The molecule has 13 heteroatoms. The maximum Gasteiger partial charge on any atom is 0.326 e. The molecule has 12 nitrogen and oxygen atoms in total. The number of carbonyl (C=O) groups is 5. The Hall–Kier alpha value is -2.38. The Morgan fingerprint density at radius 3 is 2.39 bits per heavy atom. The first-order valence-electron chi connectivity index (χ1n) is 9.90. The molecule has 31 heavy (non-hydrogen) atoms. The molecule has 0 aromatic carbocycles. The van der Waals surface area contributed by atoms with Crippen LogP contribution in [-0.2, 0) is 24.0 Å². The van der Waals surface area contributed by atoms with Crippen LogP contribution >= 0.6 is 11.8 Å². The van der Waals surface area contributed by atoms with E-state index in [0.29, 0.717) is 18.6 Å². The summed E-state index contributed by atoms with van der Waals surface area (Å²) >= 11 is 1.45. The number of aliphatic carboxylic acids is 1. The lowest BCUT2D eigenvalue weighted by Crippen LogP contribution is -2.57. The molecular formula is C18H31N5O7S. The maximum absolute atomic E-state index is 13.1. The molecule has 176 valence electrons. The zero-order valence-electron chi connectivity index (χ0n) is 17.4. The minimum Gasteiger partial charge on any atom is -0.480 e. The monoisotopic (exact) mass is 461 g/mol. The van der Waals surface area contributed by atoms with Gasteiger partial charge in [0.25, 0.3) is 0 Å². The van der Waals surface area contributed by atoms with Gasteiger partial charge < -0.3 is 37.2 Å². The summed E-state index contributed by atoms with van der Waals surface area (Å²) in [5.74, 6) is -3.28. The van der Waals surface area contributed by atoms with E-state index >= 15 is 0 Å². The van der Waals surface area contributed by atoms with E-state index in [2.05, 4.69) is 10.6 Å². The number of aliphatic hydroxyl groups excluding tert-OH is 1. The van der Waals surface area contributed by atoms with Crippen molar-refractivity contribution in [3.8, 4) is 0 Å². The van der Waals surface area contributed by atoms with Crippen LogP contribution in [0.5, 0.6) is 0 Å². The van der Waals surface area contributed by atoms with Crippen LogP contribution in [0.15, 0.2) is 0 Å². The maximum atomic E-state index is 13.1. The first kappa shape index (κ1) is 26.7. The minimum absolute atomic E-state index is 0.103. The molecule has 4 unspecified atom stereocenters. The van der Waals surface area contributed by atoms with Crippen molar-refractivity contribution >= 4 is 41.4 Å². The highest BCUT2D eigenvalue weighted by Gasteiger charge is 2.39. The smallest absolute Gasteiger partial charge is 0.326 e. The highest BCUT2D eigenvalue weighted by atomic mass is 32.2. The molecule has 1 aliphatic heterocycles. The van der Waals surface area contributed by atoms with Crippen LogP contribution in [0.25, 0.3) is 0 Å². The molecule has 0 bridgehead atoms. The molecule has 1 heterocycles. The first-order valence-corrected chi connectivity index (χ1v) is 11.3. The van der Waals surface area contributed by atoms with Crippen LogP contribution in [0.3, 0.4) is 0 Å². The minimum atomic E-state index is -1.26. The van der Waals surface area contributed by atoms with Crippen molar-refractivity contribution in [1.29, 1.82) is 0 Å². The van der Waals surface area contributed by atoms with Gasteiger partial charge in [0.05, 0.1) is 6.61 Å². The third kappa shape index (κ3) is 8.34. The van der Waals surface area contributed by atoms with Crippen molar-refractivity contribution in [1.82, 2.24) is 15.5 Å². The standard InChI is InChI=1S/C18H31N5O7S/c1-31-8-6-12(18(29)30)22-16(27)13-3-2-7-23(13)17(28)11(4-5-14(20)25)21-15(26)10(19)9-24/h10-13,24H,2-9,19H2,1H3,(H2,20,25)(H,21,26)(H,22,27)(H,29,30). The Kier molecular flexibility index (Phi) is 11.3. The number of amides is 4. The predicted octanol–water partition coefficient (Wildman–Crippen LogP) is -2.63. The highest BCUT2D eigenvalue weighted by molar-refractivity contribution is 7.98. The van der Waals surface area contributed by atoms with Crippen molar-refractivity contribution in [3.05, 3.63) is 0 Å². The van der Waals surface area contributed by atoms with E-state index in [4.69, 9.17) is 16.6 Å². The fourth-order valence-electron chi connectivity index (χ4n) is 3.17. The van der Waals surface area contributed by atoms with Gasteiger partial charge in [-0.2, -0.15) is 11.8 Å². The van der Waals surface area contributed by atoms with Crippen molar-refractivity contribution < 1.29 is 34.2 Å². The number of hydrogen-bond acceptors (Lipinski definition) is 8. The number of nitrogens with one attached hydrogen (secondary N) is 2. The number of likely N-dealkylation sites (tertiary alicyclic amines) is 1. The molecule has 8 N–H and O–H groups in total. The lowest BCUT2D eigenvalue weighted by atomic mass is 10.1. The zero-order valence-corrected chi connectivity index (χ0v) is 18.2. The molecule has 0 aromatic rings. The van der Waals surface area contributed by atoms with Crippen LogP contribution in [0.4, 0.5) is 0 Å². The molecule has 4 atom stereocenters. The van der Waals surface area contributed by atoms with Gasteiger partial charge in [0.15, 0.2) is 0 Å².